The van der Waals surface area contributed by atoms with E-state index in [2.05, 4.69) is 60.7 Å². The molecule has 0 spiro atoms. The summed E-state index contributed by atoms with van der Waals surface area (Å²) >= 11 is 7.47. The summed E-state index contributed by atoms with van der Waals surface area (Å²) in [7, 11) is 0. The van der Waals surface area contributed by atoms with Gasteiger partial charge in [0.25, 0.3) is 0 Å². The van der Waals surface area contributed by atoms with Crippen molar-refractivity contribution < 1.29 is 0 Å². The van der Waals surface area contributed by atoms with Gasteiger partial charge in [-0.1, -0.05) is 6.92 Å². The van der Waals surface area contributed by atoms with E-state index in [4.69, 9.17) is 0 Å². The van der Waals surface area contributed by atoms with Crippen molar-refractivity contribution in [1.29, 1.82) is 0 Å². The zero-order valence-corrected chi connectivity index (χ0v) is 14.7. The molecule has 0 saturated heterocycles. The van der Waals surface area contributed by atoms with Crippen LogP contribution in [0.25, 0.3) is 10.7 Å². The van der Waals surface area contributed by atoms with Crippen molar-refractivity contribution in [2.45, 2.75) is 20.3 Å². The van der Waals surface area contributed by atoms with Gasteiger partial charge >= 0.3 is 0 Å². The van der Waals surface area contributed by atoms with Crippen LogP contribution < -0.4 is 5.32 Å². The van der Waals surface area contributed by atoms with Crippen molar-refractivity contribution >= 4 is 55.7 Å². The molecular weight excluding hydrogens is 425 g/mol. The molecule has 0 aliphatic heterocycles. The molecule has 2 rings (SSSR count). The molecule has 0 radical (unpaired) electrons. The average molecular weight is 438 g/mol. The largest absolute Gasteiger partial charge is 0.369 e. The minimum absolute atomic E-state index is 0.786. The predicted molar refractivity (Wildman–Crippen MR) is 89.3 cm³/mol. The second-order valence-electron chi connectivity index (χ2n) is 3.82. The van der Waals surface area contributed by atoms with Crippen molar-refractivity contribution in [3.8, 4) is 10.7 Å². The smallest absolute Gasteiger partial charge is 0.173 e. The Hall–Kier alpha value is -0.210. The first-order chi connectivity index (χ1) is 8.63. The first kappa shape index (κ1) is 14.2. The summed E-state index contributed by atoms with van der Waals surface area (Å²) in [5, 5.41) is 5.39. The Morgan fingerprint density at radius 1 is 1.44 bits per heavy atom. The summed E-state index contributed by atoms with van der Waals surface area (Å²) in [5.41, 5.74) is 1.01. The topological polar surface area (TPSA) is 37.8 Å². The zero-order valence-electron chi connectivity index (χ0n) is 10.1. The van der Waals surface area contributed by atoms with Gasteiger partial charge in [0, 0.05) is 11.0 Å². The number of halogens is 2. The van der Waals surface area contributed by atoms with Gasteiger partial charge < -0.3 is 5.32 Å². The molecule has 0 aliphatic carbocycles. The van der Waals surface area contributed by atoms with Crippen LogP contribution in [0, 0.1) is 10.5 Å². The number of hydrogen-bond acceptors (Lipinski definition) is 4. The Balaban J connectivity index is 2.44. The average Bonchev–Trinajstić information content (AvgIpc) is 2.77. The van der Waals surface area contributed by atoms with Crippen LogP contribution in [0.15, 0.2) is 15.9 Å². The molecule has 2 aromatic heterocycles. The van der Waals surface area contributed by atoms with E-state index in [0.29, 0.717) is 0 Å². The van der Waals surface area contributed by atoms with Crippen LogP contribution in [0.5, 0.6) is 0 Å². The Morgan fingerprint density at radius 2 is 2.22 bits per heavy atom. The fourth-order valence-electron chi connectivity index (χ4n) is 1.47. The van der Waals surface area contributed by atoms with Gasteiger partial charge in [0.15, 0.2) is 5.82 Å². The van der Waals surface area contributed by atoms with Crippen molar-refractivity contribution in [2.24, 2.45) is 0 Å². The van der Waals surface area contributed by atoms with Gasteiger partial charge in [0.05, 0.1) is 14.1 Å². The van der Waals surface area contributed by atoms with Crippen molar-refractivity contribution in [2.75, 3.05) is 11.9 Å². The van der Waals surface area contributed by atoms with E-state index >= 15 is 0 Å². The molecule has 18 heavy (non-hydrogen) atoms. The molecule has 0 bridgehead atoms. The second-order valence-corrected chi connectivity index (χ2v) is 6.67. The molecular formula is C12H13BrIN3S. The molecule has 2 heterocycles. The van der Waals surface area contributed by atoms with E-state index < -0.39 is 0 Å². The molecule has 1 N–H and O–H groups in total. The minimum atomic E-state index is 0.786. The van der Waals surface area contributed by atoms with Crippen LogP contribution in [0.2, 0.25) is 0 Å². The first-order valence-corrected chi connectivity index (χ1v) is 8.40. The fraction of sp³-hybridized carbons (Fsp3) is 0.333. The molecule has 0 aliphatic rings. The Kier molecular flexibility index (Phi) is 4.97. The lowest BCUT2D eigenvalue weighted by Crippen LogP contribution is -2.07. The van der Waals surface area contributed by atoms with Gasteiger partial charge in [-0.05, 0) is 63.3 Å². The summed E-state index contributed by atoms with van der Waals surface area (Å²) < 4.78 is 2.15. The maximum absolute atomic E-state index is 4.62. The maximum atomic E-state index is 4.62. The van der Waals surface area contributed by atoms with Crippen molar-refractivity contribution in [3.63, 3.8) is 0 Å². The zero-order chi connectivity index (χ0) is 13.1. The summed E-state index contributed by atoms with van der Waals surface area (Å²) in [6.07, 6.45) is 1.08. The number of aromatic nitrogens is 2. The van der Waals surface area contributed by atoms with E-state index in [0.717, 1.165) is 43.2 Å². The monoisotopic (exact) mass is 437 g/mol. The van der Waals surface area contributed by atoms with Crippen LogP contribution >= 0.6 is 49.9 Å². The molecule has 6 heteroatoms. The molecule has 2 aromatic rings. The minimum Gasteiger partial charge on any atom is -0.369 e. The molecule has 0 amide bonds. The van der Waals surface area contributed by atoms with Gasteiger partial charge in [-0.3, -0.25) is 0 Å². The quantitative estimate of drug-likeness (QED) is 0.704. The molecule has 96 valence electrons. The van der Waals surface area contributed by atoms with E-state index in [1.165, 1.54) is 0 Å². The molecule has 0 fully saturated rings. The normalized spacial score (nSPS) is 10.7. The number of aryl methyl sites for hydroxylation is 1. The predicted octanol–water partition coefficient (Wildman–Crippen LogP) is 4.70. The lowest BCUT2D eigenvalue weighted by Gasteiger charge is -2.10. The highest BCUT2D eigenvalue weighted by atomic mass is 127. The van der Waals surface area contributed by atoms with Crippen LogP contribution in [0.3, 0.4) is 0 Å². The second kappa shape index (κ2) is 6.29. The van der Waals surface area contributed by atoms with Gasteiger partial charge in [0.1, 0.15) is 5.82 Å². The summed E-state index contributed by atoms with van der Waals surface area (Å²) in [6, 6.07) is 2.02. The Bertz CT molecular complexity index is 556. The molecule has 0 atom stereocenters. The van der Waals surface area contributed by atoms with Crippen LogP contribution in [0.4, 0.5) is 5.82 Å². The molecule has 3 nitrogen and oxygen atoms in total. The molecule has 0 aromatic carbocycles. The van der Waals surface area contributed by atoms with Crippen LogP contribution in [-0.2, 0) is 0 Å². The molecule has 0 saturated carbocycles. The Morgan fingerprint density at radius 3 is 2.83 bits per heavy atom. The van der Waals surface area contributed by atoms with Crippen LogP contribution in [-0.4, -0.2) is 16.5 Å². The summed E-state index contributed by atoms with van der Waals surface area (Å²) in [4.78, 5) is 10.3. The Labute approximate surface area is 133 Å². The highest BCUT2D eigenvalue weighted by Gasteiger charge is 2.13. The van der Waals surface area contributed by atoms with Crippen molar-refractivity contribution in [3.05, 3.63) is 25.2 Å². The fourth-order valence-corrected chi connectivity index (χ4v) is 3.39. The van der Waals surface area contributed by atoms with E-state index in [-0.39, 0.29) is 0 Å². The summed E-state index contributed by atoms with van der Waals surface area (Å²) in [6.45, 7) is 5.09. The number of nitrogens with one attached hydrogen (secondary N) is 1. The SMILES string of the molecule is CCCNc1nc(-c2sccc2Br)nc(C)c1I. The summed E-state index contributed by atoms with van der Waals surface area (Å²) in [5.74, 6) is 1.72. The number of hydrogen-bond donors (Lipinski definition) is 1. The highest BCUT2D eigenvalue weighted by molar-refractivity contribution is 14.1. The third-order valence-electron chi connectivity index (χ3n) is 2.38. The third kappa shape index (κ3) is 3.03. The maximum Gasteiger partial charge on any atom is 0.173 e. The first-order valence-electron chi connectivity index (χ1n) is 5.64. The van der Waals surface area contributed by atoms with Gasteiger partial charge in [-0.2, -0.15) is 0 Å². The highest BCUT2D eigenvalue weighted by Crippen LogP contribution is 2.33. The van der Waals surface area contributed by atoms with Gasteiger partial charge in [-0.25, -0.2) is 9.97 Å². The van der Waals surface area contributed by atoms with Crippen molar-refractivity contribution in [1.82, 2.24) is 9.97 Å². The van der Waals surface area contributed by atoms with Crippen LogP contribution in [0.1, 0.15) is 19.0 Å². The van der Waals surface area contributed by atoms with Gasteiger partial charge in [0.2, 0.25) is 0 Å². The number of thiophene rings is 1. The third-order valence-corrected chi connectivity index (χ3v) is 5.50. The number of rotatable bonds is 4. The van der Waals surface area contributed by atoms with E-state index in [1.54, 1.807) is 11.3 Å². The lowest BCUT2D eigenvalue weighted by molar-refractivity contribution is 0.958. The van der Waals surface area contributed by atoms with Gasteiger partial charge in [-0.15, -0.1) is 11.3 Å². The van der Waals surface area contributed by atoms with E-state index in [1.807, 2.05) is 18.4 Å². The number of nitrogens with zero attached hydrogens (tertiary/aromatic N) is 2. The van der Waals surface area contributed by atoms with E-state index in [9.17, 15) is 0 Å². The molecule has 0 unspecified atom stereocenters. The lowest BCUT2D eigenvalue weighted by atomic mass is 10.3. The standard InChI is InChI=1S/C12H13BrIN3S/c1-3-5-15-11-9(14)7(2)16-12(17-11)10-8(13)4-6-18-10/h4,6H,3,5H2,1-2H3,(H,15,16,17). The number of anilines is 1.